The van der Waals surface area contributed by atoms with Gasteiger partial charge >= 0.3 is 5.69 Å². The van der Waals surface area contributed by atoms with E-state index in [0.29, 0.717) is 61.2 Å². The third kappa shape index (κ3) is 6.22. The lowest BCUT2D eigenvalue weighted by atomic mass is 9.97. The van der Waals surface area contributed by atoms with Crippen LogP contribution in [0.3, 0.4) is 0 Å². The van der Waals surface area contributed by atoms with Crippen molar-refractivity contribution in [1.82, 2.24) is 24.0 Å². The molecule has 1 aromatic carbocycles. The zero-order valence-electron chi connectivity index (χ0n) is 21.0. The quantitative estimate of drug-likeness (QED) is 0.407. The molecule has 3 aromatic rings. The van der Waals surface area contributed by atoms with Crippen molar-refractivity contribution in [2.45, 2.75) is 31.7 Å². The summed E-state index contributed by atoms with van der Waals surface area (Å²) < 4.78 is 38.5. The minimum absolute atomic E-state index is 0.0952. The maximum atomic E-state index is 13.3. The number of hydrogen-bond acceptors (Lipinski definition) is 8. The molecule has 1 saturated heterocycles. The lowest BCUT2D eigenvalue weighted by Crippen LogP contribution is -2.37. The Bertz CT molecular complexity index is 1390. The first-order valence-corrected chi connectivity index (χ1v) is 14.6. The number of methoxy groups -OCH3 is 2. The van der Waals surface area contributed by atoms with Crippen LogP contribution in [0.2, 0.25) is 0 Å². The Morgan fingerprint density at radius 3 is 2.51 bits per heavy atom. The molecule has 1 aliphatic rings. The Labute approximate surface area is 219 Å². The molecule has 1 amide bonds. The standard InChI is InChI=1S/C24H31N5O6S2/c1-34-19-7-6-17(15-20(19)35-2)8-11-25-21(30)16-28-24(31)29(22-5-4-14-36-22)23(26-28)18-9-12-27(13-10-18)37(3,32)33/h4-7,14-15,18H,8-13,16H2,1-3H3,(H,25,30). The van der Waals surface area contributed by atoms with Gasteiger partial charge in [-0.2, -0.15) is 5.10 Å². The highest BCUT2D eigenvalue weighted by Crippen LogP contribution is 2.30. The molecule has 2 aromatic heterocycles. The Morgan fingerprint density at radius 1 is 1.16 bits per heavy atom. The van der Waals surface area contributed by atoms with E-state index in [1.807, 2.05) is 35.7 Å². The molecule has 0 saturated carbocycles. The van der Waals surface area contributed by atoms with E-state index in [1.54, 1.807) is 18.8 Å². The molecular formula is C24H31N5O6S2. The molecule has 0 spiro atoms. The number of nitrogens with zero attached hydrogens (tertiary/aromatic N) is 4. The van der Waals surface area contributed by atoms with E-state index in [0.717, 1.165) is 5.56 Å². The van der Waals surface area contributed by atoms with Crippen molar-refractivity contribution in [3.8, 4) is 16.5 Å². The predicted octanol–water partition coefficient (Wildman–Crippen LogP) is 1.61. The Morgan fingerprint density at radius 2 is 1.89 bits per heavy atom. The molecule has 4 rings (SSSR count). The minimum Gasteiger partial charge on any atom is -0.493 e. The molecule has 0 bridgehead atoms. The number of ether oxygens (including phenoxy) is 2. The lowest BCUT2D eigenvalue weighted by molar-refractivity contribution is -0.121. The third-order valence-corrected chi connectivity index (χ3v) is 8.51. The first kappa shape index (κ1) is 26.9. The normalized spacial score (nSPS) is 15.0. The van der Waals surface area contributed by atoms with Crippen LogP contribution in [0.1, 0.15) is 30.1 Å². The summed E-state index contributed by atoms with van der Waals surface area (Å²) in [6.07, 6.45) is 2.88. The molecule has 13 heteroatoms. The maximum absolute atomic E-state index is 13.3. The van der Waals surface area contributed by atoms with Crippen molar-refractivity contribution in [3.05, 3.63) is 57.6 Å². The Balaban J connectivity index is 1.45. The molecule has 1 N–H and O–H groups in total. The van der Waals surface area contributed by atoms with Gasteiger partial charge < -0.3 is 14.8 Å². The molecule has 3 heterocycles. The highest BCUT2D eigenvalue weighted by atomic mass is 32.2. The van der Waals surface area contributed by atoms with E-state index in [-0.39, 0.29) is 18.4 Å². The average Bonchev–Trinajstić information content (AvgIpc) is 3.51. The predicted molar refractivity (Wildman–Crippen MR) is 140 cm³/mol. The van der Waals surface area contributed by atoms with Gasteiger partial charge in [-0.3, -0.25) is 4.79 Å². The van der Waals surface area contributed by atoms with E-state index in [9.17, 15) is 18.0 Å². The highest BCUT2D eigenvalue weighted by Gasteiger charge is 2.30. The van der Waals surface area contributed by atoms with Crippen LogP contribution < -0.4 is 20.5 Å². The summed E-state index contributed by atoms with van der Waals surface area (Å²) in [5.41, 5.74) is 0.581. The Hall–Kier alpha value is -3.16. The summed E-state index contributed by atoms with van der Waals surface area (Å²) in [6, 6.07) is 9.26. The highest BCUT2D eigenvalue weighted by molar-refractivity contribution is 7.88. The van der Waals surface area contributed by atoms with Gasteiger partial charge in [0.2, 0.25) is 15.9 Å². The van der Waals surface area contributed by atoms with Crippen molar-refractivity contribution in [2.24, 2.45) is 0 Å². The van der Waals surface area contributed by atoms with Gasteiger partial charge in [0, 0.05) is 25.6 Å². The second-order valence-corrected chi connectivity index (χ2v) is 11.7. The maximum Gasteiger partial charge on any atom is 0.351 e. The number of nitrogens with one attached hydrogen (secondary N) is 1. The molecule has 11 nitrogen and oxygen atoms in total. The molecule has 1 aliphatic heterocycles. The molecule has 0 unspecified atom stereocenters. The van der Waals surface area contributed by atoms with Gasteiger partial charge in [-0.05, 0) is 54.5 Å². The number of thiophene rings is 1. The minimum atomic E-state index is -3.27. The first-order valence-electron chi connectivity index (χ1n) is 11.9. The van der Waals surface area contributed by atoms with Crippen LogP contribution in [-0.4, -0.2) is 73.1 Å². The zero-order valence-corrected chi connectivity index (χ0v) is 22.7. The number of benzene rings is 1. The van der Waals surface area contributed by atoms with Crippen molar-refractivity contribution in [1.29, 1.82) is 0 Å². The second kappa shape index (κ2) is 11.5. The summed E-state index contributed by atoms with van der Waals surface area (Å²) in [4.78, 5) is 26.0. The van der Waals surface area contributed by atoms with Crippen molar-refractivity contribution >= 4 is 27.3 Å². The number of carbonyl (C=O) groups is 1. The molecule has 0 atom stereocenters. The van der Waals surface area contributed by atoms with Crippen LogP contribution >= 0.6 is 11.3 Å². The SMILES string of the molecule is COc1ccc(CCNC(=O)Cn2nc(C3CCN(S(C)(=O)=O)CC3)n(-c3cccs3)c2=O)cc1OC. The van der Waals surface area contributed by atoms with E-state index >= 15 is 0 Å². The summed E-state index contributed by atoms with van der Waals surface area (Å²) in [7, 11) is -0.123. The molecule has 1 fully saturated rings. The summed E-state index contributed by atoms with van der Waals surface area (Å²) in [5.74, 6) is 1.39. The van der Waals surface area contributed by atoms with Crippen LogP contribution in [0.25, 0.3) is 5.00 Å². The molecule has 37 heavy (non-hydrogen) atoms. The number of amides is 1. The number of sulfonamides is 1. The van der Waals surface area contributed by atoms with E-state index < -0.39 is 15.7 Å². The van der Waals surface area contributed by atoms with Gasteiger partial charge in [-0.25, -0.2) is 26.8 Å². The number of carbonyl (C=O) groups excluding carboxylic acids is 1. The van der Waals surface area contributed by atoms with Crippen LogP contribution in [0.5, 0.6) is 11.5 Å². The van der Waals surface area contributed by atoms with Gasteiger partial charge in [0.25, 0.3) is 0 Å². The van der Waals surface area contributed by atoms with Gasteiger partial charge in [0.1, 0.15) is 17.4 Å². The van der Waals surface area contributed by atoms with Crippen LogP contribution in [-0.2, 0) is 27.8 Å². The summed E-state index contributed by atoms with van der Waals surface area (Å²) >= 11 is 1.41. The fourth-order valence-corrected chi connectivity index (χ4v) is 6.02. The van der Waals surface area contributed by atoms with E-state index in [2.05, 4.69) is 10.4 Å². The number of piperidine rings is 1. The smallest absolute Gasteiger partial charge is 0.351 e. The third-order valence-electron chi connectivity index (χ3n) is 6.36. The monoisotopic (exact) mass is 549 g/mol. The first-order chi connectivity index (χ1) is 17.7. The molecule has 0 aliphatic carbocycles. The largest absolute Gasteiger partial charge is 0.493 e. The number of rotatable bonds is 10. The average molecular weight is 550 g/mol. The number of aromatic nitrogens is 3. The number of hydrogen-bond donors (Lipinski definition) is 1. The zero-order chi connectivity index (χ0) is 26.6. The summed E-state index contributed by atoms with van der Waals surface area (Å²) in [5, 5.41) is 9.97. The second-order valence-electron chi connectivity index (χ2n) is 8.81. The van der Waals surface area contributed by atoms with Gasteiger partial charge in [-0.1, -0.05) is 6.07 Å². The van der Waals surface area contributed by atoms with E-state index in [1.165, 1.54) is 26.6 Å². The van der Waals surface area contributed by atoms with Crippen LogP contribution in [0.4, 0.5) is 0 Å². The van der Waals surface area contributed by atoms with Gasteiger partial charge in [0.15, 0.2) is 11.5 Å². The fraction of sp³-hybridized carbons (Fsp3) is 0.458. The van der Waals surface area contributed by atoms with Crippen molar-refractivity contribution in [2.75, 3.05) is 40.1 Å². The van der Waals surface area contributed by atoms with Gasteiger partial charge in [-0.15, -0.1) is 11.3 Å². The fourth-order valence-electron chi connectivity index (χ4n) is 4.42. The van der Waals surface area contributed by atoms with Crippen LogP contribution in [0, 0.1) is 0 Å². The topological polar surface area (TPSA) is 125 Å². The van der Waals surface area contributed by atoms with E-state index in [4.69, 9.17) is 9.47 Å². The van der Waals surface area contributed by atoms with Crippen LogP contribution in [0.15, 0.2) is 40.5 Å². The molecule has 200 valence electrons. The van der Waals surface area contributed by atoms with Crippen molar-refractivity contribution in [3.63, 3.8) is 0 Å². The molecule has 0 radical (unpaired) electrons. The van der Waals surface area contributed by atoms with Gasteiger partial charge in [0.05, 0.1) is 20.5 Å². The van der Waals surface area contributed by atoms with Crippen molar-refractivity contribution < 1.29 is 22.7 Å². The molecular weight excluding hydrogens is 518 g/mol. The summed E-state index contributed by atoms with van der Waals surface area (Å²) in [6.45, 7) is 0.904. The lowest BCUT2D eigenvalue weighted by Gasteiger charge is -2.29. The Kier molecular flexibility index (Phi) is 8.35.